The highest BCUT2D eigenvalue weighted by molar-refractivity contribution is 7.14. The number of aryl methyl sites for hydroxylation is 3. The average molecular weight is 267 g/mol. The molecule has 0 unspecified atom stereocenters. The zero-order chi connectivity index (χ0) is 13.3. The SMILES string of the molecule is Cc1cc(OCc2nc(C)c(C)o2)c(C(=O)O)s1. The summed E-state index contributed by atoms with van der Waals surface area (Å²) in [5, 5.41) is 9.02. The third-order valence-electron chi connectivity index (χ3n) is 2.44. The zero-order valence-electron chi connectivity index (χ0n) is 10.3. The summed E-state index contributed by atoms with van der Waals surface area (Å²) in [5.74, 6) is 0.570. The zero-order valence-corrected chi connectivity index (χ0v) is 11.1. The fraction of sp³-hybridized carbons (Fsp3) is 0.333. The molecule has 0 aromatic carbocycles. The Labute approximate surface area is 108 Å². The quantitative estimate of drug-likeness (QED) is 0.922. The van der Waals surface area contributed by atoms with Crippen molar-refractivity contribution >= 4 is 17.3 Å². The Morgan fingerprint density at radius 2 is 2.22 bits per heavy atom. The third kappa shape index (κ3) is 2.53. The van der Waals surface area contributed by atoms with Crippen molar-refractivity contribution in [1.82, 2.24) is 4.98 Å². The molecule has 2 heterocycles. The minimum atomic E-state index is -0.983. The molecule has 0 atom stereocenters. The topological polar surface area (TPSA) is 72.6 Å². The second-order valence-electron chi connectivity index (χ2n) is 3.89. The Morgan fingerprint density at radius 3 is 2.78 bits per heavy atom. The van der Waals surface area contributed by atoms with Crippen LogP contribution >= 0.6 is 11.3 Å². The minimum Gasteiger partial charge on any atom is -0.482 e. The van der Waals surface area contributed by atoms with Gasteiger partial charge in [0, 0.05) is 4.88 Å². The van der Waals surface area contributed by atoms with Crippen LogP contribution in [-0.4, -0.2) is 16.1 Å². The number of oxazole rings is 1. The van der Waals surface area contributed by atoms with Gasteiger partial charge in [-0.05, 0) is 26.8 Å². The molecule has 0 spiro atoms. The monoisotopic (exact) mass is 267 g/mol. The molecule has 6 heteroatoms. The van der Waals surface area contributed by atoms with E-state index in [0.29, 0.717) is 11.6 Å². The molecule has 2 aromatic heterocycles. The molecule has 0 aliphatic rings. The first-order valence-corrected chi connectivity index (χ1v) is 6.18. The van der Waals surface area contributed by atoms with E-state index >= 15 is 0 Å². The van der Waals surface area contributed by atoms with E-state index in [2.05, 4.69) is 4.98 Å². The molecule has 0 radical (unpaired) electrons. The number of hydrogen-bond acceptors (Lipinski definition) is 5. The van der Waals surface area contributed by atoms with E-state index in [-0.39, 0.29) is 11.5 Å². The van der Waals surface area contributed by atoms with Crippen molar-refractivity contribution in [3.05, 3.63) is 33.2 Å². The molecule has 18 heavy (non-hydrogen) atoms. The number of aromatic carboxylic acids is 1. The number of aromatic nitrogens is 1. The molecule has 0 bridgehead atoms. The molecule has 0 saturated heterocycles. The molecule has 0 saturated carbocycles. The van der Waals surface area contributed by atoms with E-state index in [1.807, 2.05) is 20.8 Å². The molecular formula is C12H13NO4S. The molecule has 1 N–H and O–H groups in total. The molecule has 0 amide bonds. The van der Waals surface area contributed by atoms with Gasteiger partial charge in [-0.15, -0.1) is 11.3 Å². The highest BCUT2D eigenvalue weighted by Gasteiger charge is 2.16. The summed E-state index contributed by atoms with van der Waals surface area (Å²) in [6.07, 6.45) is 0. The molecule has 96 valence electrons. The lowest BCUT2D eigenvalue weighted by Gasteiger charge is -2.01. The summed E-state index contributed by atoms with van der Waals surface area (Å²) >= 11 is 1.19. The number of carbonyl (C=O) groups is 1. The number of ether oxygens (including phenoxy) is 1. The van der Waals surface area contributed by atoms with E-state index in [0.717, 1.165) is 16.3 Å². The Bertz CT molecular complexity index is 565. The highest BCUT2D eigenvalue weighted by atomic mass is 32.1. The Morgan fingerprint density at radius 1 is 1.50 bits per heavy atom. The van der Waals surface area contributed by atoms with Gasteiger partial charge >= 0.3 is 5.97 Å². The lowest BCUT2D eigenvalue weighted by atomic mass is 10.4. The smallest absolute Gasteiger partial charge is 0.349 e. The van der Waals surface area contributed by atoms with Crippen LogP contribution in [0, 0.1) is 20.8 Å². The van der Waals surface area contributed by atoms with Crippen LogP contribution < -0.4 is 4.74 Å². The maximum atomic E-state index is 11.0. The van der Waals surface area contributed by atoms with Crippen molar-refractivity contribution in [2.24, 2.45) is 0 Å². The first-order chi connectivity index (χ1) is 8.47. The molecule has 0 aliphatic carbocycles. The molecule has 0 fully saturated rings. The fourth-order valence-corrected chi connectivity index (χ4v) is 2.28. The van der Waals surface area contributed by atoms with Crippen molar-refractivity contribution in [2.75, 3.05) is 0 Å². The largest absolute Gasteiger partial charge is 0.482 e. The lowest BCUT2D eigenvalue weighted by Crippen LogP contribution is -2.00. The van der Waals surface area contributed by atoms with E-state index in [1.54, 1.807) is 6.07 Å². The van der Waals surface area contributed by atoms with Crippen molar-refractivity contribution in [1.29, 1.82) is 0 Å². The van der Waals surface area contributed by atoms with Crippen molar-refractivity contribution in [2.45, 2.75) is 27.4 Å². The summed E-state index contributed by atoms with van der Waals surface area (Å²) in [4.78, 5) is 16.3. The van der Waals surface area contributed by atoms with Gasteiger partial charge in [0.15, 0.2) is 11.5 Å². The number of carboxylic acids is 1. The number of hydrogen-bond donors (Lipinski definition) is 1. The van der Waals surface area contributed by atoms with Gasteiger partial charge in [-0.2, -0.15) is 0 Å². The molecule has 2 rings (SSSR count). The van der Waals surface area contributed by atoms with Gasteiger partial charge in [-0.1, -0.05) is 0 Å². The summed E-state index contributed by atoms with van der Waals surface area (Å²) in [7, 11) is 0. The van der Waals surface area contributed by atoms with E-state index in [1.165, 1.54) is 11.3 Å². The fourth-order valence-electron chi connectivity index (χ4n) is 1.49. The van der Waals surface area contributed by atoms with Crippen LogP contribution in [-0.2, 0) is 6.61 Å². The molecule has 5 nitrogen and oxygen atoms in total. The third-order valence-corrected chi connectivity index (χ3v) is 3.46. The van der Waals surface area contributed by atoms with E-state index in [4.69, 9.17) is 14.3 Å². The average Bonchev–Trinajstić information content (AvgIpc) is 2.80. The second kappa shape index (κ2) is 4.81. The lowest BCUT2D eigenvalue weighted by molar-refractivity contribution is 0.0697. The standard InChI is InChI=1S/C12H13NO4S/c1-6-4-9(11(18-6)12(14)15)16-5-10-13-7(2)8(3)17-10/h4H,5H2,1-3H3,(H,14,15). The normalized spacial score (nSPS) is 10.6. The van der Waals surface area contributed by atoms with Gasteiger partial charge in [0.2, 0.25) is 5.89 Å². The highest BCUT2D eigenvalue weighted by Crippen LogP contribution is 2.29. The van der Waals surface area contributed by atoms with Gasteiger partial charge in [0.25, 0.3) is 0 Å². The molecule has 2 aromatic rings. The van der Waals surface area contributed by atoms with Gasteiger partial charge in [0.05, 0.1) is 5.69 Å². The van der Waals surface area contributed by atoms with E-state index < -0.39 is 5.97 Å². The van der Waals surface area contributed by atoms with Crippen LogP contribution in [0.4, 0.5) is 0 Å². The minimum absolute atomic E-state index is 0.130. The Balaban J connectivity index is 2.12. The number of nitrogens with zero attached hydrogens (tertiary/aromatic N) is 1. The van der Waals surface area contributed by atoms with Gasteiger partial charge in [-0.25, -0.2) is 9.78 Å². The maximum Gasteiger partial charge on any atom is 0.349 e. The first-order valence-electron chi connectivity index (χ1n) is 5.37. The number of carboxylic acid groups (broad SMARTS) is 1. The second-order valence-corrected chi connectivity index (χ2v) is 5.15. The van der Waals surface area contributed by atoms with Gasteiger partial charge in [0.1, 0.15) is 11.5 Å². The summed E-state index contributed by atoms with van der Waals surface area (Å²) in [5.41, 5.74) is 0.813. The van der Waals surface area contributed by atoms with Crippen LogP contribution in [0.25, 0.3) is 0 Å². The van der Waals surface area contributed by atoms with Gasteiger partial charge in [-0.3, -0.25) is 0 Å². The summed E-state index contributed by atoms with van der Waals surface area (Å²) in [6, 6.07) is 1.71. The predicted molar refractivity (Wildman–Crippen MR) is 66.3 cm³/mol. The Hall–Kier alpha value is -1.82. The van der Waals surface area contributed by atoms with Crippen LogP contribution in [0.15, 0.2) is 10.5 Å². The van der Waals surface area contributed by atoms with Crippen LogP contribution in [0.5, 0.6) is 5.75 Å². The van der Waals surface area contributed by atoms with E-state index in [9.17, 15) is 4.79 Å². The summed E-state index contributed by atoms with van der Waals surface area (Å²) < 4.78 is 10.8. The van der Waals surface area contributed by atoms with Gasteiger partial charge < -0.3 is 14.3 Å². The van der Waals surface area contributed by atoms with Crippen LogP contribution in [0.1, 0.15) is 31.9 Å². The number of rotatable bonds is 4. The molecular weight excluding hydrogens is 254 g/mol. The van der Waals surface area contributed by atoms with Crippen LogP contribution in [0.2, 0.25) is 0 Å². The van der Waals surface area contributed by atoms with Crippen molar-refractivity contribution in [3.63, 3.8) is 0 Å². The predicted octanol–water partition coefficient (Wildman–Crippen LogP) is 2.94. The maximum absolute atomic E-state index is 11.0. The summed E-state index contributed by atoms with van der Waals surface area (Å²) in [6.45, 7) is 5.64. The van der Waals surface area contributed by atoms with Crippen molar-refractivity contribution < 1.29 is 19.1 Å². The van der Waals surface area contributed by atoms with Crippen molar-refractivity contribution in [3.8, 4) is 5.75 Å². The molecule has 0 aliphatic heterocycles. The first kappa shape index (κ1) is 12.6. The Kier molecular flexibility index (Phi) is 3.38. The number of thiophene rings is 1. The van der Waals surface area contributed by atoms with Crippen LogP contribution in [0.3, 0.4) is 0 Å².